The number of esters is 1. The molecule has 8 nitrogen and oxygen atoms in total. The number of fused-ring (bicyclic) bond motifs is 2. The van der Waals surface area contributed by atoms with Crippen LogP contribution in [0.15, 0.2) is 24.3 Å². The van der Waals surface area contributed by atoms with Crippen LogP contribution in [0.25, 0.3) is 0 Å². The van der Waals surface area contributed by atoms with Crippen molar-refractivity contribution in [3.8, 4) is 0 Å². The van der Waals surface area contributed by atoms with Crippen LogP contribution >= 0.6 is 0 Å². The molecule has 1 aromatic rings. The van der Waals surface area contributed by atoms with Crippen molar-refractivity contribution in [2.45, 2.75) is 37.1 Å². The molecule has 8 heteroatoms. The Hall–Kier alpha value is -2.00. The van der Waals surface area contributed by atoms with Gasteiger partial charge in [-0.2, -0.15) is 0 Å². The fourth-order valence-electron chi connectivity index (χ4n) is 5.21. The molecule has 1 aromatic carbocycles. The zero-order valence-corrected chi connectivity index (χ0v) is 16.8. The van der Waals surface area contributed by atoms with Gasteiger partial charge in [-0.1, -0.05) is 12.1 Å². The first kappa shape index (κ1) is 20.3. The summed E-state index contributed by atoms with van der Waals surface area (Å²) in [5.41, 5.74) is 1.44. The molecule has 3 saturated heterocycles. The highest BCUT2D eigenvalue weighted by atomic mass is 16.5. The highest BCUT2D eigenvalue weighted by molar-refractivity contribution is 5.89. The zero-order chi connectivity index (χ0) is 20.6. The summed E-state index contributed by atoms with van der Waals surface area (Å²) in [5.74, 6) is -0.358. The summed E-state index contributed by atoms with van der Waals surface area (Å²) in [6, 6.07) is 7.63. The first-order chi connectivity index (χ1) is 13.9. The highest BCUT2D eigenvalue weighted by Crippen LogP contribution is 2.39. The topological polar surface area (TPSA) is 93.5 Å². The Morgan fingerprint density at radius 2 is 2.03 bits per heavy atom. The monoisotopic (exact) mass is 403 g/mol. The number of methoxy groups -OCH3 is 1. The lowest BCUT2D eigenvalue weighted by molar-refractivity contribution is -0.151. The van der Waals surface area contributed by atoms with Gasteiger partial charge in [0.25, 0.3) is 0 Å². The fraction of sp³-hybridized carbons (Fsp3) is 0.619. The number of carbonyl (C=O) groups excluding carboxylic acids is 2. The van der Waals surface area contributed by atoms with Gasteiger partial charge in [-0.25, -0.2) is 4.79 Å². The van der Waals surface area contributed by atoms with E-state index >= 15 is 0 Å². The van der Waals surface area contributed by atoms with Crippen molar-refractivity contribution in [2.24, 2.45) is 0 Å². The Labute approximate surface area is 170 Å². The standard InChI is InChI=1S/C21H29N3O5/c1-29-20(28)16-4-2-3-15(7-16)9-22-12-21(13-22)14-23(19(27)5-6-25)10-17-8-18(26)11-24(17)21/h2-4,7,17-18,25-26H,5-6,8-14H2,1H3/t17-,18-/m1/s1. The van der Waals surface area contributed by atoms with E-state index in [1.54, 1.807) is 6.07 Å². The fourth-order valence-corrected chi connectivity index (χ4v) is 5.21. The summed E-state index contributed by atoms with van der Waals surface area (Å²) in [6.45, 7) is 4.11. The van der Waals surface area contributed by atoms with Gasteiger partial charge in [-0.05, 0) is 24.1 Å². The number of piperazine rings is 1. The van der Waals surface area contributed by atoms with Crippen molar-refractivity contribution in [1.29, 1.82) is 0 Å². The van der Waals surface area contributed by atoms with Crippen molar-refractivity contribution in [3.05, 3.63) is 35.4 Å². The van der Waals surface area contributed by atoms with Crippen LogP contribution in [-0.2, 0) is 16.1 Å². The Morgan fingerprint density at radius 3 is 2.76 bits per heavy atom. The van der Waals surface area contributed by atoms with Gasteiger partial charge in [0, 0.05) is 51.7 Å². The number of hydrogen-bond acceptors (Lipinski definition) is 7. The number of rotatable bonds is 5. The average Bonchev–Trinajstić information content (AvgIpc) is 3.07. The molecule has 0 radical (unpaired) electrons. The molecule has 0 saturated carbocycles. The quantitative estimate of drug-likeness (QED) is 0.652. The molecule has 4 rings (SSSR count). The van der Waals surface area contributed by atoms with Crippen LogP contribution in [0, 0.1) is 0 Å². The molecule has 3 heterocycles. The number of benzene rings is 1. The van der Waals surface area contributed by atoms with Crippen molar-refractivity contribution in [3.63, 3.8) is 0 Å². The van der Waals surface area contributed by atoms with Crippen LogP contribution in [0.5, 0.6) is 0 Å². The van der Waals surface area contributed by atoms with Crippen molar-refractivity contribution in [2.75, 3.05) is 46.4 Å². The number of ether oxygens (including phenoxy) is 1. The van der Waals surface area contributed by atoms with E-state index in [0.29, 0.717) is 31.6 Å². The van der Waals surface area contributed by atoms with Crippen LogP contribution in [0.1, 0.15) is 28.8 Å². The van der Waals surface area contributed by atoms with E-state index in [1.807, 2.05) is 23.1 Å². The summed E-state index contributed by atoms with van der Waals surface area (Å²) in [5, 5.41) is 19.3. The normalized spacial score (nSPS) is 26.2. The molecule has 2 atom stereocenters. The molecule has 1 spiro atoms. The molecule has 158 valence electrons. The summed E-state index contributed by atoms with van der Waals surface area (Å²) in [4.78, 5) is 30.8. The molecular weight excluding hydrogens is 374 g/mol. The molecule has 3 fully saturated rings. The van der Waals surface area contributed by atoms with Crippen LogP contribution in [0.2, 0.25) is 0 Å². The van der Waals surface area contributed by atoms with Gasteiger partial charge in [-0.3, -0.25) is 14.6 Å². The molecule has 0 bridgehead atoms. The maximum atomic E-state index is 12.4. The molecule has 3 aliphatic rings. The molecule has 0 aromatic heterocycles. The molecule has 1 amide bonds. The Balaban J connectivity index is 1.45. The Bertz CT molecular complexity index is 779. The van der Waals surface area contributed by atoms with Crippen molar-refractivity contribution >= 4 is 11.9 Å². The maximum absolute atomic E-state index is 12.4. The third kappa shape index (κ3) is 3.90. The molecule has 3 aliphatic heterocycles. The van der Waals surface area contributed by atoms with Gasteiger partial charge < -0.3 is 19.8 Å². The van der Waals surface area contributed by atoms with Crippen LogP contribution < -0.4 is 0 Å². The Morgan fingerprint density at radius 1 is 1.24 bits per heavy atom. The second kappa shape index (κ2) is 8.02. The van der Waals surface area contributed by atoms with E-state index in [2.05, 4.69) is 9.80 Å². The minimum absolute atomic E-state index is 0.0165. The van der Waals surface area contributed by atoms with E-state index in [4.69, 9.17) is 9.84 Å². The molecular formula is C21H29N3O5. The predicted molar refractivity (Wildman–Crippen MR) is 105 cm³/mol. The second-order valence-corrected chi connectivity index (χ2v) is 8.51. The lowest BCUT2D eigenvalue weighted by Crippen LogP contribution is -2.78. The van der Waals surface area contributed by atoms with Crippen LogP contribution in [0.4, 0.5) is 0 Å². The lowest BCUT2D eigenvalue weighted by atomic mass is 9.83. The second-order valence-electron chi connectivity index (χ2n) is 8.51. The number of hydrogen-bond donors (Lipinski definition) is 2. The van der Waals surface area contributed by atoms with E-state index in [9.17, 15) is 14.7 Å². The predicted octanol–water partition coefficient (Wildman–Crippen LogP) is -0.313. The number of aliphatic hydroxyl groups is 2. The smallest absolute Gasteiger partial charge is 0.337 e. The number of nitrogens with zero attached hydrogens (tertiary/aromatic N) is 3. The summed E-state index contributed by atoms with van der Waals surface area (Å²) in [7, 11) is 1.38. The SMILES string of the molecule is COC(=O)c1cccc(CN2CC3(C2)CN(C(=O)CCO)C[C@H]2C[C@@H](O)CN23)c1. The largest absolute Gasteiger partial charge is 0.465 e. The molecule has 0 aliphatic carbocycles. The summed E-state index contributed by atoms with van der Waals surface area (Å²) in [6.07, 6.45) is 0.483. The Kier molecular flexibility index (Phi) is 5.61. The number of likely N-dealkylation sites (tertiary alicyclic amines) is 1. The van der Waals surface area contributed by atoms with Crippen LogP contribution in [0.3, 0.4) is 0 Å². The van der Waals surface area contributed by atoms with Crippen molar-refractivity contribution in [1.82, 2.24) is 14.7 Å². The molecule has 2 N–H and O–H groups in total. The van der Waals surface area contributed by atoms with E-state index < -0.39 is 0 Å². The third-order valence-corrected chi connectivity index (χ3v) is 6.39. The van der Waals surface area contributed by atoms with Gasteiger partial charge in [0.05, 0.1) is 30.9 Å². The highest BCUT2D eigenvalue weighted by Gasteiger charge is 2.56. The minimum atomic E-state index is -0.351. The van der Waals surface area contributed by atoms with Gasteiger partial charge in [-0.15, -0.1) is 0 Å². The molecule has 29 heavy (non-hydrogen) atoms. The summed E-state index contributed by atoms with van der Waals surface area (Å²) >= 11 is 0. The zero-order valence-electron chi connectivity index (χ0n) is 16.8. The van der Waals surface area contributed by atoms with E-state index in [0.717, 1.165) is 25.2 Å². The number of β-amino-alcohol motifs (C(OH)–C–C–N with tert-alkyl or cyclic N) is 1. The number of carbonyl (C=O) groups is 2. The van der Waals surface area contributed by atoms with E-state index in [1.165, 1.54) is 7.11 Å². The van der Waals surface area contributed by atoms with Gasteiger partial charge >= 0.3 is 5.97 Å². The first-order valence-electron chi connectivity index (χ1n) is 10.2. The first-order valence-corrected chi connectivity index (χ1v) is 10.2. The minimum Gasteiger partial charge on any atom is -0.465 e. The number of amides is 1. The van der Waals surface area contributed by atoms with Gasteiger partial charge in [0.1, 0.15) is 0 Å². The summed E-state index contributed by atoms with van der Waals surface area (Å²) < 4.78 is 4.80. The third-order valence-electron chi connectivity index (χ3n) is 6.39. The van der Waals surface area contributed by atoms with Crippen molar-refractivity contribution < 1.29 is 24.5 Å². The maximum Gasteiger partial charge on any atom is 0.337 e. The number of aliphatic hydroxyl groups excluding tert-OH is 2. The lowest BCUT2D eigenvalue weighted by Gasteiger charge is -2.61. The van der Waals surface area contributed by atoms with Gasteiger partial charge in [0.2, 0.25) is 5.91 Å². The molecule has 0 unspecified atom stereocenters. The van der Waals surface area contributed by atoms with Gasteiger partial charge in [0.15, 0.2) is 0 Å². The average molecular weight is 403 g/mol. The van der Waals surface area contributed by atoms with Crippen LogP contribution in [-0.4, -0.2) is 101 Å². The van der Waals surface area contributed by atoms with E-state index in [-0.39, 0.29) is 42.6 Å².